The second-order valence-electron chi connectivity index (χ2n) is 5.13. The number of aromatic nitrogens is 3. The Hall–Kier alpha value is -1.95. The first-order valence-electron chi connectivity index (χ1n) is 6.91. The molecule has 6 heteroatoms. The van der Waals surface area contributed by atoms with Crippen LogP contribution in [0.2, 0.25) is 0 Å². The summed E-state index contributed by atoms with van der Waals surface area (Å²) in [5.41, 5.74) is 1.02. The van der Waals surface area contributed by atoms with Crippen LogP contribution in [-0.2, 0) is 11.2 Å². The van der Waals surface area contributed by atoms with Crippen molar-refractivity contribution >= 4 is 11.6 Å². The van der Waals surface area contributed by atoms with E-state index >= 15 is 0 Å². The van der Waals surface area contributed by atoms with Crippen molar-refractivity contribution in [3.8, 4) is 0 Å². The average molecular weight is 274 g/mol. The predicted molar refractivity (Wildman–Crippen MR) is 73.6 cm³/mol. The van der Waals surface area contributed by atoms with Crippen LogP contribution in [0.5, 0.6) is 0 Å². The fraction of sp³-hybridized carbons (Fsp3) is 0.500. The minimum atomic E-state index is -0.381. The van der Waals surface area contributed by atoms with Crippen LogP contribution in [0.4, 0.5) is 0 Å². The molecule has 6 nitrogen and oxygen atoms in total. The van der Waals surface area contributed by atoms with Crippen LogP contribution >= 0.6 is 0 Å². The lowest BCUT2D eigenvalue weighted by molar-refractivity contribution is 0.0602. The van der Waals surface area contributed by atoms with Gasteiger partial charge in [-0.1, -0.05) is 0 Å². The fourth-order valence-corrected chi connectivity index (χ4v) is 2.66. The molecule has 0 radical (unpaired) electrons. The maximum Gasteiger partial charge on any atom is 0.341 e. The Morgan fingerprint density at radius 2 is 2.50 bits per heavy atom. The van der Waals surface area contributed by atoms with Gasteiger partial charge in [0, 0.05) is 12.6 Å². The number of hydrogen-bond donors (Lipinski definition) is 1. The fourth-order valence-electron chi connectivity index (χ4n) is 2.66. The van der Waals surface area contributed by atoms with E-state index in [0.29, 0.717) is 17.1 Å². The summed E-state index contributed by atoms with van der Waals surface area (Å²) in [4.78, 5) is 16.2. The number of nitrogens with zero attached hydrogens (tertiary/aromatic N) is 3. The molecule has 1 aliphatic heterocycles. The number of pyridine rings is 1. The molecule has 0 spiro atoms. The standard InChI is InChI=1S/C14H18N4O2/c1-20-14(19)11-5-3-7-18-13(11)16-12(17-18)8-10-4-2-6-15-9-10/h3,5,7,10,15H,2,4,6,8-9H2,1H3. The molecule has 2 aromatic heterocycles. The molecule has 0 aromatic carbocycles. The number of ether oxygens (including phenoxy) is 1. The van der Waals surface area contributed by atoms with E-state index in [1.807, 2.05) is 0 Å². The smallest absolute Gasteiger partial charge is 0.341 e. The highest BCUT2D eigenvalue weighted by Crippen LogP contribution is 2.16. The number of piperidine rings is 1. The van der Waals surface area contributed by atoms with Crippen LogP contribution in [0.3, 0.4) is 0 Å². The summed E-state index contributed by atoms with van der Waals surface area (Å²) in [5, 5.41) is 7.85. The van der Waals surface area contributed by atoms with Crippen molar-refractivity contribution in [2.24, 2.45) is 5.92 Å². The Kier molecular flexibility index (Phi) is 3.64. The van der Waals surface area contributed by atoms with E-state index in [4.69, 9.17) is 4.74 Å². The molecule has 1 saturated heterocycles. The molecule has 3 rings (SSSR count). The molecule has 1 atom stereocenters. The Morgan fingerprint density at radius 3 is 3.25 bits per heavy atom. The molecule has 1 unspecified atom stereocenters. The van der Waals surface area contributed by atoms with Crippen molar-refractivity contribution in [1.82, 2.24) is 19.9 Å². The molecular formula is C14H18N4O2. The molecule has 0 bridgehead atoms. The molecule has 0 saturated carbocycles. The minimum absolute atomic E-state index is 0.381. The maximum atomic E-state index is 11.7. The first kappa shape index (κ1) is 13.1. The molecular weight excluding hydrogens is 256 g/mol. The first-order chi connectivity index (χ1) is 9.78. The van der Waals surface area contributed by atoms with Crippen LogP contribution in [-0.4, -0.2) is 40.8 Å². The second kappa shape index (κ2) is 5.58. The molecule has 1 aliphatic rings. The lowest BCUT2D eigenvalue weighted by atomic mass is 9.96. The third-order valence-electron chi connectivity index (χ3n) is 3.68. The highest BCUT2D eigenvalue weighted by molar-refractivity contribution is 5.95. The van der Waals surface area contributed by atoms with E-state index in [-0.39, 0.29) is 5.97 Å². The topological polar surface area (TPSA) is 68.5 Å². The Balaban J connectivity index is 1.88. The van der Waals surface area contributed by atoms with Crippen LogP contribution in [0.15, 0.2) is 18.3 Å². The van der Waals surface area contributed by atoms with Crippen molar-refractivity contribution in [2.75, 3.05) is 20.2 Å². The normalized spacial score (nSPS) is 19.1. The van der Waals surface area contributed by atoms with Crippen LogP contribution in [0.1, 0.15) is 29.0 Å². The van der Waals surface area contributed by atoms with Crippen molar-refractivity contribution in [3.63, 3.8) is 0 Å². The lowest BCUT2D eigenvalue weighted by Gasteiger charge is -2.21. The second-order valence-corrected chi connectivity index (χ2v) is 5.13. The zero-order chi connectivity index (χ0) is 13.9. The van der Waals surface area contributed by atoms with E-state index in [2.05, 4.69) is 15.4 Å². The van der Waals surface area contributed by atoms with Crippen LogP contribution < -0.4 is 5.32 Å². The maximum absolute atomic E-state index is 11.7. The van der Waals surface area contributed by atoms with Crippen molar-refractivity contribution in [2.45, 2.75) is 19.3 Å². The van der Waals surface area contributed by atoms with E-state index in [9.17, 15) is 4.79 Å². The number of nitrogens with one attached hydrogen (secondary N) is 1. The van der Waals surface area contributed by atoms with Gasteiger partial charge in [0.1, 0.15) is 5.56 Å². The van der Waals surface area contributed by atoms with Crippen LogP contribution in [0.25, 0.3) is 5.65 Å². The summed E-state index contributed by atoms with van der Waals surface area (Å²) < 4.78 is 6.42. The van der Waals surface area contributed by atoms with Gasteiger partial charge < -0.3 is 10.1 Å². The average Bonchev–Trinajstić information content (AvgIpc) is 2.89. The molecule has 0 amide bonds. The van der Waals surface area contributed by atoms with Gasteiger partial charge in [-0.3, -0.25) is 0 Å². The van der Waals surface area contributed by atoms with E-state index in [0.717, 1.165) is 25.3 Å². The van der Waals surface area contributed by atoms with Gasteiger partial charge in [-0.25, -0.2) is 14.3 Å². The zero-order valence-electron chi connectivity index (χ0n) is 11.5. The number of rotatable bonds is 3. The van der Waals surface area contributed by atoms with Crippen molar-refractivity contribution < 1.29 is 9.53 Å². The van der Waals surface area contributed by atoms with E-state index in [1.165, 1.54) is 20.0 Å². The summed E-state index contributed by atoms with van der Waals surface area (Å²) in [6.07, 6.45) is 5.05. The predicted octanol–water partition coefficient (Wildman–Crippen LogP) is 1.06. The summed E-state index contributed by atoms with van der Waals surface area (Å²) >= 11 is 0. The quantitative estimate of drug-likeness (QED) is 0.848. The molecule has 2 aromatic rings. The van der Waals surface area contributed by atoms with Crippen LogP contribution in [0, 0.1) is 5.92 Å². The van der Waals surface area contributed by atoms with E-state index in [1.54, 1.807) is 22.8 Å². The Labute approximate surface area is 117 Å². The number of methoxy groups -OCH3 is 1. The van der Waals surface area contributed by atoms with Gasteiger partial charge in [0.2, 0.25) is 0 Å². The van der Waals surface area contributed by atoms with Gasteiger partial charge in [0.25, 0.3) is 0 Å². The highest BCUT2D eigenvalue weighted by Gasteiger charge is 2.18. The van der Waals surface area contributed by atoms with Gasteiger partial charge >= 0.3 is 5.97 Å². The molecule has 20 heavy (non-hydrogen) atoms. The van der Waals surface area contributed by atoms with Gasteiger partial charge in [0.05, 0.1) is 7.11 Å². The highest BCUT2D eigenvalue weighted by atomic mass is 16.5. The number of esters is 1. The van der Waals surface area contributed by atoms with Gasteiger partial charge in [0.15, 0.2) is 11.5 Å². The molecule has 1 fully saturated rings. The number of carbonyl (C=O) groups is 1. The molecule has 1 N–H and O–H groups in total. The molecule has 106 valence electrons. The largest absolute Gasteiger partial charge is 0.465 e. The third kappa shape index (κ3) is 2.51. The minimum Gasteiger partial charge on any atom is -0.465 e. The summed E-state index contributed by atoms with van der Waals surface area (Å²) in [6, 6.07) is 3.49. The number of carbonyl (C=O) groups excluding carboxylic acids is 1. The van der Waals surface area contributed by atoms with Crippen molar-refractivity contribution in [1.29, 1.82) is 0 Å². The summed E-state index contributed by atoms with van der Waals surface area (Å²) in [5.74, 6) is 0.978. The van der Waals surface area contributed by atoms with Crippen molar-refractivity contribution in [3.05, 3.63) is 29.7 Å². The summed E-state index contributed by atoms with van der Waals surface area (Å²) in [7, 11) is 1.37. The zero-order valence-corrected chi connectivity index (χ0v) is 11.5. The van der Waals surface area contributed by atoms with Gasteiger partial charge in [-0.05, 0) is 44.0 Å². The summed E-state index contributed by atoms with van der Waals surface area (Å²) in [6.45, 7) is 2.11. The SMILES string of the molecule is COC(=O)c1cccn2nc(CC3CCCNC3)nc12. The third-order valence-corrected chi connectivity index (χ3v) is 3.68. The Morgan fingerprint density at radius 1 is 1.60 bits per heavy atom. The molecule has 0 aliphatic carbocycles. The van der Waals surface area contributed by atoms with Gasteiger partial charge in [-0.15, -0.1) is 0 Å². The first-order valence-corrected chi connectivity index (χ1v) is 6.91. The van der Waals surface area contributed by atoms with Gasteiger partial charge in [-0.2, -0.15) is 5.10 Å². The number of fused-ring (bicyclic) bond motifs is 1. The van der Waals surface area contributed by atoms with E-state index < -0.39 is 0 Å². The molecule has 3 heterocycles. The number of hydrogen-bond acceptors (Lipinski definition) is 5. The Bertz CT molecular complexity index is 617. The monoisotopic (exact) mass is 274 g/mol. The lowest BCUT2D eigenvalue weighted by Crippen LogP contribution is -2.31.